The molecule has 3 aromatic rings. The Balaban J connectivity index is 1.29. The third-order valence-corrected chi connectivity index (χ3v) is 6.67. The molecule has 0 saturated carbocycles. The topological polar surface area (TPSA) is 144 Å². The fourth-order valence-corrected chi connectivity index (χ4v) is 4.58. The summed E-state index contributed by atoms with van der Waals surface area (Å²) in [6, 6.07) is 8.99. The summed E-state index contributed by atoms with van der Waals surface area (Å²) in [7, 11) is 1.63. The van der Waals surface area contributed by atoms with Gasteiger partial charge in [0.1, 0.15) is 17.9 Å². The number of benzene rings is 1. The summed E-state index contributed by atoms with van der Waals surface area (Å²) in [6.45, 7) is 5.82. The van der Waals surface area contributed by atoms with Crippen LogP contribution in [0.1, 0.15) is 15.9 Å². The minimum atomic E-state index is -0.536. The molecule has 2 aliphatic rings. The smallest absolute Gasteiger partial charge is 0.317 e. The standard InChI is InChI=1S/C26H30N8O4/c1-16-20(15-30-25-22(16)28-9-14-38-25)32-19-7-8-29-23(35)21(19)24(36)31-17-3-5-18(6-4-17)33-10-12-34(13-11-33)26(37)27-2/h3-8,15,28H,9-14H2,1-2H3,(H,27,37)(H,31,36)(H2,29,32,35). The van der Waals surface area contributed by atoms with E-state index < -0.39 is 11.5 Å². The Morgan fingerprint density at radius 1 is 1.05 bits per heavy atom. The molecule has 38 heavy (non-hydrogen) atoms. The molecule has 2 aliphatic heterocycles. The average molecular weight is 519 g/mol. The molecule has 0 unspecified atom stereocenters. The predicted molar refractivity (Wildman–Crippen MR) is 146 cm³/mol. The van der Waals surface area contributed by atoms with Crippen molar-refractivity contribution in [1.29, 1.82) is 0 Å². The number of nitrogens with zero attached hydrogens (tertiary/aromatic N) is 3. The molecule has 1 aromatic carbocycles. The minimum absolute atomic E-state index is 0.0387. The van der Waals surface area contributed by atoms with Gasteiger partial charge in [-0.1, -0.05) is 0 Å². The second-order valence-corrected chi connectivity index (χ2v) is 9.00. The highest BCUT2D eigenvalue weighted by Gasteiger charge is 2.22. The van der Waals surface area contributed by atoms with Gasteiger partial charge in [0.15, 0.2) is 0 Å². The summed E-state index contributed by atoms with van der Waals surface area (Å²) in [4.78, 5) is 48.6. The van der Waals surface area contributed by atoms with Gasteiger partial charge >= 0.3 is 6.03 Å². The van der Waals surface area contributed by atoms with E-state index in [0.29, 0.717) is 62.3 Å². The predicted octanol–water partition coefficient (Wildman–Crippen LogP) is 2.34. The van der Waals surface area contributed by atoms with Crippen LogP contribution >= 0.6 is 0 Å². The van der Waals surface area contributed by atoms with Gasteiger partial charge in [0.25, 0.3) is 11.5 Å². The van der Waals surface area contributed by atoms with Gasteiger partial charge in [-0.2, -0.15) is 0 Å². The van der Waals surface area contributed by atoms with Gasteiger partial charge in [-0.3, -0.25) is 9.59 Å². The van der Waals surface area contributed by atoms with Crippen LogP contribution in [0.25, 0.3) is 0 Å². The molecule has 2 aromatic heterocycles. The summed E-state index contributed by atoms with van der Waals surface area (Å²) in [5.74, 6) is -0.00807. The van der Waals surface area contributed by atoms with Crippen LogP contribution in [-0.4, -0.2) is 73.2 Å². The molecule has 0 atom stereocenters. The lowest BCUT2D eigenvalue weighted by atomic mass is 10.1. The number of rotatable bonds is 5. The summed E-state index contributed by atoms with van der Waals surface area (Å²) >= 11 is 0. The average Bonchev–Trinajstić information content (AvgIpc) is 2.95. The van der Waals surface area contributed by atoms with Crippen LogP contribution in [0.5, 0.6) is 5.88 Å². The Hall–Kier alpha value is -4.74. The van der Waals surface area contributed by atoms with Crippen molar-refractivity contribution in [2.75, 3.05) is 67.2 Å². The molecule has 198 valence electrons. The normalized spacial score (nSPS) is 14.6. The van der Waals surface area contributed by atoms with Gasteiger partial charge in [0.05, 0.1) is 17.6 Å². The number of pyridine rings is 2. The Bertz CT molecular complexity index is 1400. The lowest BCUT2D eigenvalue weighted by molar-refractivity contribution is 0.102. The van der Waals surface area contributed by atoms with Crippen molar-refractivity contribution >= 4 is 40.4 Å². The molecule has 12 heteroatoms. The van der Waals surface area contributed by atoms with Crippen molar-refractivity contribution in [3.63, 3.8) is 0 Å². The number of amides is 3. The quantitative estimate of drug-likeness (QED) is 0.346. The SMILES string of the molecule is CNC(=O)N1CCN(c2ccc(NC(=O)c3c(Nc4cnc5c(c4C)NCCO5)cc[nH]c3=O)cc2)CC1. The zero-order valence-electron chi connectivity index (χ0n) is 21.3. The number of nitrogens with one attached hydrogen (secondary N) is 5. The minimum Gasteiger partial charge on any atom is -0.474 e. The summed E-state index contributed by atoms with van der Waals surface area (Å²) in [5.41, 5.74) is 3.67. The molecule has 0 spiro atoms. The lowest BCUT2D eigenvalue weighted by Gasteiger charge is -2.35. The van der Waals surface area contributed by atoms with E-state index in [1.54, 1.807) is 36.3 Å². The van der Waals surface area contributed by atoms with Gasteiger partial charge in [-0.05, 0) is 37.3 Å². The zero-order chi connectivity index (χ0) is 26.6. The number of aromatic nitrogens is 2. The van der Waals surface area contributed by atoms with Crippen LogP contribution in [0.2, 0.25) is 0 Å². The first-order valence-corrected chi connectivity index (χ1v) is 12.4. The molecule has 3 amide bonds. The molecule has 1 fully saturated rings. The number of carbonyl (C=O) groups excluding carboxylic acids is 2. The number of aromatic amines is 1. The van der Waals surface area contributed by atoms with E-state index in [-0.39, 0.29) is 11.6 Å². The Labute approximate surface area is 219 Å². The first kappa shape index (κ1) is 24.9. The van der Waals surface area contributed by atoms with Crippen molar-refractivity contribution in [3.8, 4) is 5.88 Å². The van der Waals surface area contributed by atoms with Crippen LogP contribution in [0.3, 0.4) is 0 Å². The second-order valence-electron chi connectivity index (χ2n) is 9.00. The number of hydrogen-bond donors (Lipinski definition) is 5. The van der Waals surface area contributed by atoms with Gasteiger partial charge < -0.3 is 40.8 Å². The number of ether oxygens (including phenoxy) is 1. The molecule has 12 nitrogen and oxygen atoms in total. The molecule has 4 heterocycles. The number of H-pyrrole nitrogens is 1. The highest BCUT2D eigenvalue weighted by atomic mass is 16.5. The summed E-state index contributed by atoms with van der Waals surface area (Å²) in [5, 5.41) is 11.9. The summed E-state index contributed by atoms with van der Waals surface area (Å²) < 4.78 is 5.58. The maximum Gasteiger partial charge on any atom is 0.317 e. The fourth-order valence-electron chi connectivity index (χ4n) is 4.58. The van der Waals surface area contributed by atoms with E-state index in [0.717, 1.165) is 16.9 Å². The third-order valence-electron chi connectivity index (χ3n) is 6.67. The molecular formula is C26H30N8O4. The van der Waals surface area contributed by atoms with Crippen molar-refractivity contribution in [1.82, 2.24) is 20.2 Å². The number of urea groups is 1. The third kappa shape index (κ3) is 5.05. The monoisotopic (exact) mass is 518 g/mol. The molecule has 0 radical (unpaired) electrons. The van der Waals surface area contributed by atoms with Crippen molar-refractivity contribution in [3.05, 3.63) is 64.2 Å². The molecule has 1 saturated heterocycles. The van der Waals surface area contributed by atoms with E-state index in [4.69, 9.17) is 4.74 Å². The van der Waals surface area contributed by atoms with Crippen molar-refractivity contribution < 1.29 is 14.3 Å². The highest BCUT2D eigenvalue weighted by molar-refractivity contribution is 6.08. The lowest BCUT2D eigenvalue weighted by Crippen LogP contribution is -2.51. The molecular weight excluding hydrogens is 488 g/mol. The number of hydrogen-bond acceptors (Lipinski definition) is 8. The fraction of sp³-hybridized carbons (Fsp3) is 0.308. The number of carbonyl (C=O) groups is 2. The van der Waals surface area contributed by atoms with Gasteiger partial charge in [-0.25, -0.2) is 9.78 Å². The van der Waals surface area contributed by atoms with Crippen LogP contribution in [-0.2, 0) is 0 Å². The van der Waals surface area contributed by atoms with E-state index in [1.807, 2.05) is 19.1 Å². The number of piperazine rings is 1. The van der Waals surface area contributed by atoms with E-state index in [9.17, 15) is 14.4 Å². The molecule has 0 bridgehead atoms. The van der Waals surface area contributed by atoms with Crippen LogP contribution < -0.4 is 36.5 Å². The van der Waals surface area contributed by atoms with Crippen molar-refractivity contribution in [2.24, 2.45) is 0 Å². The molecule has 5 rings (SSSR count). The largest absolute Gasteiger partial charge is 0.474 e. The Kier molecular flexibility index (Phi) is 7.03. The van der Waals surface area contributed by atoms with Crippen molar-refractivity contribution in [2.45, 2.75) is 6.92 Å². The number of fused-ring (bicyclic) bond motifs is 1. The Morgan fingerprint density at radius 2 is 1.82 bits per heavy atom. The number of anilines is 5. The molecule has 0 aliphatic carbocycles. The first-order chi connectivity index (χ1) is 18.4. The van der Waals surface area contributed by atoms with Gasteiger partial charge in [0.2, 0.25) is 5.88 Å². The maximum atomic E-state index is 13.2. The second kappa shape index (κ2) is 10.7. The maximum absolute atomic E-state index is 13.2. The van der Waals surface area contributed by atoms with E-state index in [1.165, 1.54) is 6.20 Å². The highest BCUT2D eigenvalue weighted by Crippen LogP contribution is 2.34. The summed E-state index contributed by atoms with van der Waals surface area (Å²) in [6.07, 6.45) is 3.11. The van der Waals surface area contributed by atoms with Gasteiger partial charge in [-0.15, -0.1) is 0 Å². The zero-order valence-corrected chi connectivity index (χ0v) is 21.3. The van der Waals surface area contributed by atoms with Crippen LogP contribution in [0, 0.1) is 6.92 Å². The van der Waals surface area contributed by atoms with E-state index >= 15 is 0 Å². The van der Waals surface area contributed by atoms with Crippen LogP contribution in [0.15, 0.2) is 47.5 Å². The molecule has 5 N–H and O–H groups in total. The van der Waals surface area contributed by atoms with Crippen LogP contribution in [0.4, 0.5) is 33.2 Å². The Morgan fingerprint density at radius 3 is 2.55 bits per heavy atom. The first-order valence-electron chi connectivity index (χ1n) is 12.4. The van der Waals surface area contributed by atoms with E-state index in [2.05, 4.69) is 36.1 Å². The van der Waals surface area contributed by atoms with Gasteiger partial charge in [0, 0.05) is 62.9 Å².